The Morgan fingerprint density at radius 2 is 2.07 bits per heavy atom. The van der Waals surface area contributed by atoms with Gasteiger partial charge in [0.2, 0.25) is 0 Å². The van der Waals surface area contributed by atoms with Gasteiger partial charge in [-0.2, -0.15) is 13.2 Å². The predicted octanol–water partition coefficient (Wildman–Crippen LogP) is 2.68. The molecule has 2 N–H and O–H groups in total. The first-order chi connectivity index (χ1) is 12.7. The molecular weight excluding hydrogens is 395 g/mol. The molecule has 1 atom stereocenters. The van der Waals surface area contributed by atoms with Gasteiger partial charge in [0.05, 0.1) is 11.2 Å². The Balaban J connectivity index is 0.000000321. The maximum absolute atomic E-state index is 10.6. The molecule has 12 heteroatoms. The average molecular weight is 410 g/mol. The van der Waals surface area contributed by atoms with Crippen molar-refractivity contribution >= 4 is 17.6 Å². The molecule has 0 radical (unpaired) electrons. The van der Waals surface area contributed by atoms with Crippen LogP contribution in [0.2, 0.25) is 5.02 Å². The van der Waals surface area contributed by atoms with Crippen molar-refractivity contribution in [3.8, 4) is 11.6 Å². The minimum atomic E-state index is -5.08. The van der Waals surface area contributed by atoms with Crippen LogP contribution in [-0.4, -0.2) is 46.6 Å². The largest absolute Gasteiger partial charge is 0.490 e. The summed E-state index contributed by atoms with van der Waals surface area (Å²) < 4.78 is 47.9. The van der Waals surface area contributed by atoms with Crippen molar-refractivity contribution in [1.29, 1.82) is 0 Å². The van der Waals surface area contributed by atoms with Gasteiger partial charge in [0.25, 0.3) is 5.88 Å². The molecule has 0 aromatic carbocycles. The highest BCUT2D eigenvalue weighted by atomic mass is 35.5. The summed E-state index contributed by atoms with van der Waals surface area (Å²) in [6.07, 6.45) is -0.819. The van der Waals surface area contributed by atoms with Gasteiger partial charge in [-0.1, -0.05) is 11.6 Å². The Morgan fingerprint density at radius 1 is 1.37 bits per heavy atom. The van der Waals surface area contributed by atoms with Crippen molar-refractivity contribution < 1.29 is 37.1 Å². The van der Waals surface area contributed by atoms with Crippen LogP contribution in [0.3, 0.4) is 0 Å². The van der Waals surface area contributed by atoms with E-state index in [-0.39, 0.29) is 6.61 Å². The molecule has 27 heavy (non-hydrogen) atoms. The number of aliphatic carboxylic acids is 1. The number of alkyl halides is 3. The highest BCUT2D eigenvalue weighted by Gasteiger charge is 2.38. The minimum Gasteiger partial charge on any atom is -0.484 e. The molecule has 1 saturated heterocycles. The van der Waals surface area contributed by atoms with Gasteiger partial charge in [-0.05, 0) is 18.1 Å². The first kappa shape index (κ1) is 20.8. The van der Waals surface area contributed by atoms with Crippen molar-refractivity contribution in [3.05, 3.63) is 35.3 Å². The van der Waals surface area contributed by atoms with Crippen LogP contribution in [0.4, 0.5) is 13.2 Å². The molecule has 0 aliphatic carbocycles. The van der Waals surface area contributed by atoms with Crippen LogP contribution in [-0.2, 0) is 11.4 Å². The molecule has 2 aromatic rings. The van der Waals surface area contributed by atoms with Gasteiger partial charge >= 0.3 is 12.1 Å². The van der Waals surface area contributed by atoms with Gasteiger partial charge in [0, 0.05) is 24.4 Å². The first-order valence-electron chi connectivity index (χ1n) is 7.59. The van der Waals surface area contributed by atoms with Crippen LogP contribution in [0, 0.1) is 0 Å². The average Bonchev–Trinajstić information content (AvgIpc) is 2.99. The van der Waals surface area contributed by atoms with E-state index in [9.17, 15) is 13.2 Å². The van der Waals surface area contributed by atoms with E-state index in [0.29, 0.717) is 35.1 Å². The number of ether oxygens (including phenoxy) is 2. The van der Waals surface area contributed by atoms with Crippen LogP contribution >= 0.6 is 11.6 Å². The van der Waals surface area contributed by atoms with E-state index in [1.165, 1.54) is 0 Å². The number of rotatable bonds is 6. The Kier molecular flexibility index (Phi) is 7.25. The highest BCUT2D eigenvalue weighted by molar-refractivity contribution is 6.30. The normalized spacial score (nSPS) is 15.9. The van der Waals surface area contributed by atoms with Crippen molar-refractivity contribution in [2.75, 3.05) is 13.2 Å². The lowest BCUT2D eigenvalue weighted by Gasteiger charge is -2.26. The number of halogens is 4. The van der Waals surface area contributed by atoms with E-state index in [4.69, 9.17) is 35.5 Å². The van der Waals surface area contributed by atoms with Crippen LogP contribution in [0.15, 0.2) is 29.0 Å². The van der Waals surface area contributed by atoms with Crippen LogP contribution in [0.25, 0.3) is 0 Å². The van der Waals surface area contributed by atoms with Crippen molar-refractivity contribution in [2.45, 2.75) is 25.2 Å². The van der Waals surface area contributed by atoms with Gasteiger partial charge in [-0.25, -0.2) is 4.79 Å². The SMILES string of the molecule is Clc1cncc(OCc2cc(OC[C@@H]3CCN3)no2)c1.O=C(O)C(F)(F)F. The summed E-state index contributed by atoms with van der Waals surface area (Å²) in [5.41, 5.74) is 0. The summed E-state index contributed by atoms with van der Waals surface area (Å²) in [5, 5.41) is 14.7. The fourth-order valence-electron chi connectivity index (χ4n) is 1.73. The Hall–Kier alpha value is -2.53. The molecule has 1 aliphatic heterocycles. The third kappa shape index (κ3) is 7.31. The van der Waals surface area contributed by atoms with E-state index in [1.54, 1.807) is 24.5 Å². The quantitative estimate of drug-likeness (QED) is 0.750. The molecular formula is C15H15ClF3N3O5. The second kappa shape index (κ2) is 9.42. The summed E-state index contributed by atoms with van der Waals surface area (Å²) in [6.45, 7) is 1.91. The molecule has 3 heterocycles. The van der Waals surface area contributed by atoms with E-state index in [1.807, 2.05) is 0 Å². The smallest absolute Gasteiger partial charge is 0.484 e. The van der Waals surface area contributed by atoms with Gasteiger partial charge in [0.1, 0.15) is 19.0 Å². The summed E-state index contributed by atoms with van der Waals surface area (Å²) in [6, 6.07) is 3.82. The number of hydrogen-bond acceptors (Lipinski definition) is 7. The lowest BCUT2D eigenvalue weighted by Crippen LogP contribution is -2.46. The maximum atomic E-state index is 10.6. The lowest BCUT2D eigenvalue weighted by molar-refractivity contribution is -0.192. The van der Waals surface area contributed by atoms with Crippen molar-refractivity contribution in [2.24, 2.45) is 0 Å². The van der Waals surface area contributed by atoms with E-state index in [0.717, 1.165) is 13.0 Å². The molecule has 1 fully saturated rings. The third-order valence-corrected chi connectivity index (χ3v) is 3.41. The van der Waals surface area contributed by atoms with Gasteiger partial charge < -0.3 is 24.4 Å². The summed E-state index contributed by atoms with van der Waals surface area (Å²) in [5.74, 6) is -1.12. The fraction of sp³-hybridized carbons (Fsp3) is 0.400. The number of carboxylic acids is 1. The zero-order chi connectivity index (χ0) is 19.9. The van der Waals surface area contributed by atoms with E-state index >= 15 is 0 Å². The monoisotopic (exact) mass is 409 g/mol. The number of hydrogen-bond donors (Lipinski definition) is 2. The first-order valence-corrected chi connectivity index (χ1v) is 7.97. The molecule has 0 bridgehead atoms. The number of nitrogens with one attached hydrogen (secondary N) is 1. The Morgan fingerprint density at radius 3 is 2.63 bits per heavy atom. The van der Waals surface area contributed by atoms with Gasteiger partial charge in [-0.3, -0.25) is 4.98 Å². The van der Waals surface area contributed by atoms with E-state index < -0.39 is 12.1 Å². The van der Waals surface area contributed by atoms with E-state index in [2.05, 4.69) is 15.5 Å². The highest BCUT2D eigenvalue weighted by Crippen LogP contribution is 2.18. The predicted molar refractivity (Wildman–Crippen MR) is 85.7 cm³/mol. The number of pyridine rings is 1. The van der Waals surface area contributed by atoms with Gasteiger partial charge in [-0.15, -0.1) is 0 Å². The Bertz CT molecular complexity index is 752. The molecule has 0 unspecified atom stereocenters. The fourth-order valence-corrected chi connectivity index (χ4v) is 1.90. The molecule has 3 rings (SSSR count). The molecule has 1 aliphatic rings. The van der Waals surface area contributed by atoms with Crippen molar-refractivity contribution in [1.82, 2.24) is 15.5 Å². The molecule has 0 spiro atoms. The van der Waals surface area contributed by atoms with Crippen molar-refractivity contribution in [3.63, 3.8) is 0 Å². The second-order valence-corrected chi connectivity index (χ2v) is 5.75. The number of aromatic nitrogens is 2. The molecule has 8 nitrogen and oxygen atoms in total. The molecule has 0 saturated carbocycles. The summed E-state index contributed by atoms with van der Waals surface area (Å²) >= 11 is 5.82. The zero-order valence-corrected chi connectivity index (χ0v) is 14.5. The maximum Gasteiger partial charge on any atom is 0.490 e. The minimum absolute atomic E-state index is 0.250. The van der Waals surface area contributed by atoms with Crippen LogP contribution in [0.1, 0.15) is 12.2 Å². The zero-order valence-electron chi connectivity index (χ0n) is 13.7. The number of carboxylic acid groups (broad SMARTS) is 1. The topological polar surface area (TPSA) is 107 Å². The number of carbonyl (C=O) groups is 1. The molecule has 0 amide bonds. The Labute approximate surface area is 156 Å². The number of nitrogens with zero attached hydrogens (tertiary/aromatic N) is 2. The second-order valence-electron chi connectivity index (χ2n) is 5.31. The lowest BCUT2D eigenvalue weighted by atomic mass is 10.1. The van der Waals surface area contributed by atoms with Crippen LogP contribution in [0.5, 0.6) is 11.6 Å². The summed E-state index contributed by atoms with van der Waals surface area (Å²) in [4.78, 5) is 12.8. The van der Waals surface area contributed by atoms with Gasteiger partial charge in [0.15, 0.2) is 5.76 Å². The standard InChI is InChI=1S/C13H14ClN3O3.C2HF3O2/c14-9-3-11(6-15-5-9)18-8-12-4-13(17-20-12)19-7-10-1-2-16-10;3-2(4,5)1(6)7/h3-6,10,16H,1-2,7-8H2;(H,6,7)/t10-;/m0./s1. The molecule has 2 aromatic heterocycles. The van der Waals surface area contributed by atoms with Crippen LogP contribution < -0.4 is 14.8 Å². The summed E-state index contributed by atoms with van der Waals surface area (Å²) in [7, 11) is 0. The third-order valence-electron chi connectivity index (χ3n) is 3.20. The molecule has 148 valence electrons.